The highest BCUT2D eigenvalue weighted by molar-refractivity contribution is 5.80. The SMILES string of the molecule is CCC(C)(CC(=O)O)NC(=O)C(C)Cc1c(C)nn(C)c1C. The number of aryl methyl sites for hydroxylation is 2. The number of rotatable bonds is 7. The summed E-state index contributed by atoms with van der Waals surface area (Å²) in [4.78, 5) is 23.3. The zero-order valence-corrected chi connectivity index (χ0v) is 14.4. The summed E-state index contributed by atoms with van der Waals surface area (Å²) in [5, 5.41) is 16.2. The fourth-order valence-corrected chi connectivity index (χ4v) is 2.52. The first-order valence-corrected chi connectivity index (χ1v) is 7.62. The number of carboxylic acid groups (broad SMARTS) is 1. The normalized spacial score (nSPS) is 15.2. The summed E-state index contributed by atoms with van der Waals surface area (Å²) < 4.78 is 1.82. The second-order valence-corrected chi connectivity index (χ2v) is 6.35. The van der Waals surface area contributed by atoms with E-state index in [1.54, 1.807) is 6.92 Å². The van der Waals surface area contributed by atoms with Gasteiger partial charge in [-0.05, 0) is 39.2 Å². The molecule has 1 amide bonds. The number of hydrogen-bond acceptors (Lipinski definition) is 3. The third-order valence-electron chi connectivity index (χ3n) is 4.36. The van der Waals surface area contributed by atoms with Crippen LogP contribution in [-0.2, 0) is 23.1 Å². The van der Waals surface area contributed by atoms with Crippen molar-refractivity contribution >= 4 is 11.9 Å². The van der Waals surface area contributed by atoms with Crippen molar-refractivity contribution in [2.24, 2.45) is 13.0 Å². The van der Waals surface area contributed by atoms with Crippen LogP contribution in [0.1, 0.15) is 50.6 Å². The van der Waals surface area contributed by atoms with Gasteiger partial charge in [-0.2, -0.15) is 5.10 Å². The van der Waals surface area contributed by atoms with Gasteiger partial charge in [0.25, 0.3) is 0 Å². The predicted molar refractivity (Wildman–Crippen MR) is 84.6 cm³/mol. The second kappa shape index (κ2) is 6.94. The van der Waals surface area contributed by atoms with Gasteiger partial charge in [0.05, 0.1) is 12.1 Å². The van der Waals surface area contributed by atoms with Gasteiger partial charge in [-0.15, -0.1) is 0 Å². The molecule has 2 atom stereocenters. The molecule has 0 saturated carbocycles. The van der Waals surface area contributed by atoms with Crippen molar-refractivity contribution in [2.45, 2.75) is 59.4 Å². The lowest BCUT2D eigenvalue weighted by atomic mass is 9.92. The topological polar surface area (TPSA) is 84.2 Å². The van der Waals surface area contributed by atoms with E-state index in [1.807, 2.05) is 39.4 Å². The molecule has 1 aromatic heterocycles. The fourth-order valence-electron chi connectivity index (χ4n) is 2.52. The Kier molecular flexibility index (Phi) is 5.74. The largest absolute Gasteiger partial charge is 0.481 e. The van der Waals surface area contributed by atoms with E-state index in [9.17, 15) is 9.59 Å². The number of amides is 1. The maximum atomic E-state index is 12.4. The van der Waals surface area contributed by atoms with E-state index in [0.717, 1.165) is 17.0 Å². The molecule has 0 aromatic carbocycles. The van der Waals surface area contributed by atoms with Crippen LogP contribution < -0.4 is 5.32 Å². The molecular weight excluding hydrogens is 282 g/mol. The van der Waals surface area contributed by atoms with Crippen molar-refractivity contribution < 1.29 is 14.7 Å². The Morgan fingerprint density at radius 2 is 2.00 bits per heavy atom. The maximum absolute atomic E-state index is 12.4. The molecule has 0 aliphatic carbocycles. The first-order chi connectivity index (χ1) is 10.1. The zero-order chi connectivity index (χ0) is 17.1. The summed E-state index contributed by atoms with van der Waals surface area (Å²) in [6.45, 7) is 9.43. The molecule has 0 saturated heterocycles. The molecule has 0 aliphatic heterocycles. The van der Waals surface area contributed by atoms with Gasteiger partial charge in [0.2, 0.25) is 5.91 Å². The molecule has 2 N–H and O–H groups in total. The molecule has 0 radical (unpaired) electrons. The first kappa shape index (κ1) is 18.2. The van der Waals surface area contributed by atoms with Crippen LogP contribution in [0.2, 0.25) is 0 Å². The number of carbonyl (C=O) groups excluding carboxylic acids is 1. The van der Waals surface area contributed by atoms with E-state index in [2.05, 4.69) is 10.4 Å². The van der Waals surface area contributed by atoms with Gasteiger partial charge in [-0.25, -0.2) is 0 Å². The van der Waals surface area contributed by atoms with Gasteiger partial charge < -0.3 is 10.4 Å². The molecule has 1 aromatic rings. The van der Waals surface area contributed by atoms with Crippen molar-refractivity contribution in [3.05, 3.63) is 17.0 Å². The molecule has 0 fully saturated rings. The van der Waals surface area contributed by atoms with E-state index in [-0.39, 0.29) is 18.2 Å². The molecular formula is C16H27N3O3. The number of aromatic nitrogens is 2. The second-order valence-electron chi connectivity index (χ2n) is 6.35. The van der Waals surface area contributed by atoms with Gasteiger partial charge in [-0.3, -0.25) is 14.3 Å². The Morgan fingerprint density at radius 1 is 1.41 bits per heavy atom. The number of nitrogens with zero attached hydrogens (tertiary/aromatic N) is 2. The standard InChI is InChI=1S/C16H27N3O3/c1-7-16(5,9-14(20)21)17-15(22)10(2)8-13-11(3)18-19(6)12(13)4/h10H,7-9H2,1-6H3,(H,17,22)(H,20,21). The van der Waals surface area contributed by atoms with E-state index >= 15 is 0 Å². The van der Waals surface area contributed by atoms with Gasteiger partial charge in [0.15, 0.2) is 0 Å². The van der Waals surface area contributed by atoms with Gasteiger partial charge in [0.1, 0.15) is 0 Å². The summed E-state index contributed by atoms with van der Waals surface area (Å²) in [5.41, 5.74) is 2.36. The van der Waals surface area contributed by atoms with Crippen LogP contribution in [0.5, 0.6) is 0 Å². The smallest absolute Gasteiger partial charge is 0.305 e. The lowest BCUT2D eigenvalue weighted by Crippen LogP contribution is -2.49. The molecule has 0 bridgehead atoms. The molecule has 0 aliphatic rings. The van der Waals surface area contributed by atoms with Crippen LogP contribution >= 0.6 is 0 Å². The van der Waals surface area contributed by atoms with Crippen molar-refractivity contribution in [1.82, 2.24) is 15.1 Å². The minimum absolute atomic E-state index is 0.0765. The van der Waals surface area contributed by atoms with Crippen LogP contribution in [0.3, 0.4) is 0 Å². The van der Waals surface area contributed by atoms with E-state index < -0.39 is 11.5 Å². The van der Waals surface area contributed by atoms with Crippen molar-refractivity contribution in [1.29, 1.82) is 0 Å². The third-order valence-corrected chi connectivity index (χ3v) is 4.36. The summed E-state index contributed by atoms with van der Waals surface area (Å²) >= 11 is 0. The number of carbonyl (C=O) groups is 2. The highest BCUT2D eigenvalue weighted by Gasteiger charge is 2.29. The fraction of sp³-hybridized carbons (Fsp3) is 0.688. The molecule has 2 unspecified atom stereocenters. The Balaban J connectivity index is 2.78. The number of carboxylic acids is 1. The van der Waals surface area contributed by atoms with Gasteiger partial charge >= 0.3 is 5.97 Å². The van der Waals surface area contributed by atoms with E-state index in [4.69, 9.17) is 5.11 Å². The van der Waals surface area contributed by atoms with Crippen LogP contribution in [0, 0.1) is 19.8 Å². The Labute approximate surface area is 131 Å². The maximum Gasteiger partial charge on any atom is 0.305 e. The summed E-state index contributed by atoms with van der Waals surface area (Å²) in [7, 11) is 1.89. The monoisotopic (exact) mass is 309 g/mol. The molecule has 1 heterocycles. The quantitative estimate of drug-likeness (QED) is 0.806. The average molecular weight is 309 g/mol. The average Bonchev–Trinajstić information content (AvgIpc) is 2.64. The third kappa shape index (κ3) is 4.32. The van der Waals surface area contributed by atoms with Crippen molar-refractivity contribution in [3.8, 4) is 0 Å². The minimum Gasteiger partial charge on any atom is -0.481 e. The van der Waals surface area contributed by atoms with Crippen LogP contribution in [0.15, 0.2) is 0 Å². The van der Waals surface area contributed by atoms with Gasteiger partial charge in [0, 0.05) is 24.2 Å². The number of nitrogens with one attached hydrogen (secondary N) is 1. The predicted octanol–water partition coefficient (Wildman–Crippen LogP) is 1.98. The number of aliphatic carboxylic acids is 1. The summed E-state index contributed by atoms with van der Waals surface area (Å²) in [6, 6.07) is 0. The zero-order valence-electron chi connectivity index (χ0n) is 14.4. The highest BCUT2D eigenvalue weighted by Crippen LogP contribution is 2.19. The van der Waals surface area contributed by atoms with E-state index in [0.29, 0.717) is 12.8 Å². The van der Waals surface area contributed by atoms with Crippen molar-refractivity contribution in [3.63, 3.8) is 0 Å². The highest BCUT2D eigenvalue weighted by atomic mass is 16.4. The van der Waals surface area contributed by atoms with Crippen LogP contribution in [0.25, 0.3) is 0 Å². The van der Waals surface area contributed by atoms with Crippen LogP contribution in [0.4, 0.5) is 0 Å². The Bertz CT molecular complexity index is 565. The molecule has 0 spiro atoms. The van der Waals surface area contributed by atoms with Crippen molar-refractivity contribution in [2.75, 3.05) is 0 Å². The Morgan fingerprint density at radius 3 is 2.41 bits per heavy atom. The minimum atomic E-state index is -0.906. The Hall–Kier alpha value is -1.85. The molecule has 6 heteroatoms. The lowest BCUT2D eigenvalue weighted by Gasteiger charge is -2.29. The summed E-state index contributed by atoms with van der Waals surface area (Å²) in [5.74, 6) is -1.26. The molecule has 6 nitrogen and oxygen atoms in total. The molecule has 1 rings (SSSR count). The molecule has 22 heavy (non-hydrogen) atoms. The summed E-state index contributed by atoms with van der Waals surface area (Å²) in [6.07, 6.45) is 1.10. The molecule has 124 valence electrons. The number of hydrogen-bond donors (Lipinski definition) is 2. The lowest BCUT2D eigenvalue weighted by molar-refractivity contribution is -0.139. The first-order valence-electron chi connectivity index (χ1n) is 7.62. The van der Waals surface area contributed by atoms with E-state index in [1.165, 1.54) is 0 Å². The van der Waals surface area contributed by atoms with Crippen LogP contribution in [-0.4, -0.2) is 32.3 Å². The van der Waals surface area contributed by atoms with Gasteiger partial charge in [-0.1, -0.05) is 13.8 Å².